The smallest absolute Gasteiger partial charge is 0.0947 e. The van der Waals surface area contributed by atoms with Gasteiger partial charge < -0.3 is 19.9 Å². The van der Waals surface area contributed by atoms with Gasteiger partial charge in [-0.2, -0.15) is 0 Å². The third-order valence-corrected chi connectivity index (χ3v) is 2.57. The maximum atomic E-state index is 5.75. The molecule has 0 aliphatic rings. The first-order valence-electron chi connectivity index (χ1n) is 6.31. The van der Waals surface area contributed by atoms with Gasteiger partial charge in [-0.25, -0.2) is 0 Å². The zero-order chi connectivity index (χ0) is 13.1. The summed E-state index contributed by atoms with van der Waals surface area (Å²) in [5, 5.41) is 0. The molecule has 0 radical (unpaired) electrons. The second-order valence-corrected chi connectivity index (χ2v) is 3.96. The minimum atomic E-state index is -0.0230. The topological polar surface area (TPSA) is 53.7 Å². The lowest BCUT2D eigenvalue weighted by atomic mass is 10.1. The summed E-state index contributed by atoms with van der Waals surface area (Å²) in [5.41, 5.74) is 6.84. The van der Waals surface area contributed by atoms with E-state index in [9.17, 15) is 0 Å². The van der Waals surface area contributed by atoms with Crippen LogP contribution in [0.3, 0.4) is 0 Å². The lowest BCUT2D eigenvalue weighted by molar-refractivity contribution is 0.0261. The SMILES string of the molecule is COCCOCCCOC(CN)c1ccccc1. The van der Waals surface area contributed by atoms with Crippen LogP contribution in [0.2, 0.25) is 0 Å². The number of benzene rings is 1. The number of hydrogen-bond donors (Lipinski definition) is 1. The second-order valence-electron chi connectivity index (χ2n) is 3.96. The molecular formula is C14H23NO3. The van der Waals surface area contributed by atoms with E-state index in [0.29, 0.717) is 33.0 Å². The monoisotopic (exact) mass is 253 g/mol. The Kier molecular flexibility index (Phi) is 8.42. The van der Waals surface area contributed by atoms with Crippen molar-refractivity contribution in [2.45, 2.75) is 12.5 Å². The maximum absolute atomic E-state index is 5.75. The molecule has 0 aliphatic carbocycles. The molecule has 1 unspecified atom stereocenters. The molecule has 1 atom stereocenters. The Balaban J connectivity index is 2.13. The summed E-state index contributed by atoms with van der Waals surface area (Å²) in [6, 6.07) is 10.0. The van der Waals surface area contributed by atoms with Crippen LogP contribution in [0.25, 0.3) is 0 Å². The normalized spacial score (nSPS) is 12.6. The maximum Gasteiger partial charge on any atom is 0.0947 e. The average molecular weight is 253 g/mol. The summed E-state index contributed by atoms with van der Waals surface area (Å²) in [4.78, 5) is 0. The molecule has 1 aromatic carbocycles. The highest BCUT2D eigenvalue weighted by Crippen LogP contribution is 2.15. The van der Waals surface area contributed by atoms with Crippen molar-refractivity contribution in [3.63, 3.8) is 0 Å². The molecule has 0 spiro atoms. The third kappa shape index (κ3) is 6.12. The molecule has 0 saturated heterocycles. The van der Waals surface area contributed by atoms with E-state index in [1.54, 1.807) is 7.11 Å². The quantitative estimate of drug-likeness (QED) is 0.646. The van der Waals surface area contributed by atoms with Gasteiger partial charge in [0.15, 0.2) is 0 Å². The van der Waals surface area contributed by atoms with Crippen LogP contribution in [0, 0.1) is 0 Å². The van der Waals surface area contributed by atoms with E-state index < -0.39 is 0 Å². The predicted octanol–water partition coefficient (Wildman–Crippen LogP) is 1.76. The van der Waals surface area contributed by atoms with E-state index in [1.165, 1.54) is 0 Å². The Morgan fingerprint density at radius 2 is 1.83 bits per heavy atom. The molecule has 0 fully saturated rings. The molecule has 4 heteroatoms. The Bertz CT molecular complexity index is 292. The van der Waals surface area contributed by atoms with Gasteiger partial charge in [-0.05, 0) is 12.0 Å². The summed E-state index contributed by atoms with van der Waals surface area (Å²) in [6.07, 6.45) is 0.845. The van der Waals surface area contributed by atoms with Gasteiger partial charge in [0, 0.05) is 26.9 Å². The summed E-state index contributed by atoms with van der Waals surface area (Å²) in [7, 11) is 1.66. The fraction of sp³-hybridized carbons (Fsp3) is 0.571. The zero-order valence-corrected chi connectivity index (χ0v) is 11.0. The first-order chi connectivity index (χ1) is 8.88. The van der Waals surface area contributed by atoms with Gasteiger partial charge in [-0.15, -0.1) is 0 Å². The van der Waals surface area contributed by atoms with E-state index in [-0.39, 0.29) is 6.10 Å². The molecule has 0 aromatic heterocycles. The first kappa shape index (κ1) is 15.1. The Hall–Kier alpha value is -0.940. The number of nitrogens with two attached hydrogens (primary N) is 1. The third-order valence-electron chi connectivity index (χ3n) is 2.57. The number of ether oxygens (including phenoxy) is 3. The van der Waals surface area contributed by atoms with Crippen molar-refractivity contribution in [3.8, 4) is 0 Å². The summed E-state index contributed by atoms with van der Waals surface area (Å²) >= 11 is 0. The molecule has 0 amide bonds. The molecule has 4 nitrogen and oxygen atoms in total. The highest BCUT2D eigenvalue weighted by molar-refractivity contribution is 5.17. The van der Waals surface area contributed by atoms with Crippen LogP contribution >= 0.6 is 0 Å². The van der Waals surface area contributed by atoms with E-state index in [0.717, 1.165) is 12.0 Å². The second kappa shape index (κ2) is 10.0. The van der Waals surface area contributed by atoms with Crippen LogP contribution in [-0.4, -0.2) is 40.1 Å². The summed E-state index contributed by atoms with van der Waals surface area (Å²) < 4.78 is 16.0. The van der Waals surface area contributed by atoms with Crippen LogP contribution in [-0.2, 0) is 14.2 Å². The molecule has 0 aliphatic heterocycles. The van der Waals surface area contributed by atoms with E-state index >= 15 is 0 Å². The molecule has 0 bridgehead atoms. The lowest BCUT2D eigenvalue weighted by Crippen LogP contribution is -2.17. The number of hydrogen-bond acceptors (Lipinski definition) is 4. The Morgan fingerprint density at radius 3 is 2.50 bits per heavy atom. The predicted molar refractivity (Wildman–Crippen MR) is 71.5 cm³/mol. The summed E-state index contributed by atoms with van der Waals surface area (Å²) in [6.45, 7) is 3.11. The average Bonchev–Trinajstić information content (AvgIpc) is 2.43. The minimum Gasteiger partial charge on any atom is -0.382 e. The van der Waals surface area contributed by atoms with Crippen LogP contribution < -0.4 is 5.73 Å². The van der Waals surface area contributed by atoms with Crippen LogP contribution in [0.5, 0.6) is 0 Å². The van der Waals surface area contributed by atoms with Crippen molar-refractivity contribution in [1.29, 1.82) is 0 Å². The van der Waals surface area contributed by atoms with Crippen molar-refractivity contribution >= 4 is 0 Å². The van der Waals surface area contributed by atoms with Crippen molar-refractivity contribution in [2.75, 3.05) is 40.1 Å². The lowest BCUT2D eigenvalue weighted by Gasteiger charge is -2.16. The van der Waals surface area contributed by atoms with Gasteiger partial charge in [-0.3, -0.25) is 0 Å². The van der Waals surface area contributed by atoms with Gasteiger partial charge >= 0.3 is 0 Å². The van der Waals surface area contributed by atoms with Gasteiger partial charge in [0.25, 0.3) is 0 Å². The molecule has 1 rings (SSSR count). The van der Waals surface area contributed by atoms with Crippen molar-refractivity contribution in [1.82, 2.24) is 0 Å². The van der Waals surface area contributed by atoms with Gasteiger partial charge in [0.1, 0.15) is 0 Å². The molecule has 2 N–H and O–H groups in total. The fourth-order valence-electron chi connectivity index (χ4n) is 1.60. The van der Waals surface area contributed by atoms with Gasteiger partial charge in [0.05, 0.1) is 19.3 Å². The molecule has 102 valence electrons. The van der Waals surface area contributed by atoms with Crippen molar-refractivity contribution < 1.29 is 14.2 Å². The molecule has 18 heavy (non-hydrogen) atoms. The number of methoxy groups -OCH3 is 1. The van der Waals surface area contributed by atoms with Gasteiger partial charge in [-0.1, -0.05) is 30.3 Å². The Morgan fingerprint density at radius 1 is 1.06 bits per heavy atom. The van der Waals surface area contributed by atoms with Crippen molar-refractivity contribution in [3.05, 3.63) is 35.9 Å². The standard InChI is InChI=1S/C14H23NO3/c1-16-10-11-17-8-5-9-18-14(12-15)13-6-3-2-4-7-13/h2-4,6-7,14H,5,8-12,15H2,1H3. The van der Waals surface area contributed by atoms with Crippen LogP contribution in [0.1, 0.15) is 18.1 Å². The zero-order valence-electron chi connectivity index (χ0n) is 11.0. The first-order valence-corrected chi connectivity index (χ1v) is 6.31. The number of rotatable bonds is 10. The highest BCUT2D eigenvalue weighted by Gasteiger charge is 2.08. The fourth-order valence-corrected chi connectivity index (χ4v) is 1.60. The van der Waals surface area contributed by atoms with Crippen LogP contribution in [0.15, 0.2) is 30.3 Å². The van der Waals surface area contributed by atoms with Crippen LogP contribution in [0.4, 0.5) is 0 Å². The molecule has 0 saturated carbocycles. The van der Waals surface area contributed by atoms with E-state index in [2.05, 4.69) is 0 Å². The van der Waals surface area contributed by atoms with E-state index in [1.807, 2.05) is 30.3 Å². The molecule has 0 heterocycles. The molecular weight excluding hydrogens is 230 g/mol. The Labute approximate surface area is 109 Å². The minimum absolute atomic E-state index is 0.0230. The summed E-state index contributed by atoms with van der Waals surface area (Å²) in [5.74, 6) is 0. The van der Waals surface area contributed by atoms with Crippen molar-refractivity contribution in [2.24, 2.45) is 5.73 Å². The highest BCUT2D eigenvalue weighted by atomic mass is 16.5. The molecule has 1 aromatic rings. The van der Waals surface area contributed by atoms with E-state index in [4.69, 9.17) is 19.9 Å². The van der Waals surface area contributed by atoms with Gasteiger partial charge in [0.2, 0.25) is 0 Å². The largest absolute Gasteiger partial charge is 0.382 e.